The highest BCUT2D eigenvalue weighted by Gasteiger charge is 2.38. The molecular weight excluding hydrogens is 574 g/mol. The highest BCUT2D eigenvalue weighted by Crippen LogP contribution is 2.58. The summed E-state index contributed by atoms with van der Waals surface area (Å²) in [6, 6.07) is 7.08. The maximum absolute atomic E-state index is 15.4. The highest BCUT2D eigenvalue weighted by atomic mass is 19.2. The molecular formula is C32H16F10. The Hall–Kier alpha value is -4.34. The van der Waals surface area contributed by atoms with Gasteiger partial charge in [-0.3, -0.25) is 0 Å². The number of rotatable bonds is 2. The summed E-state index contributed by atoms with van der Waals surface area (Å²) in [6.07, 6.45) is 0. The Balaban J connectivity index is 1.95. The van der Waals surface area contributed by atoms with Crippen molar-refractivity contribution >= 4 is 10.8 Å². The summed E-state index contributed by atoms with van der Waals surface area (Å²) in [6.45, 7) is 5.92. The molecule has 0 aromatic heterocycles. The van der Waals surface area contributed by atoms with Gasteiger partial charge < -0.3 is 0 Å². The Kier molecular flexibility index (Phi) is 6.01. The van der Waals surface area contributed by atoms with Gasteiger partial charge in [0, 0.05) is 0 Å². The summed E-state index contributed by atoms with van der Waals surface area (Å²) in [7, 11) is 0. The lowest BCUT2D eigenvalue weighted by Crippen LogP contribution is -2.10. The molecule has 0 N–H and O–H groups in total. The fourth-order valence-electron chi connectivity index (χ4n) is 6.17. The third-order valence-electron chi connectivity index (χ3n) is 8.02. The second-order valence-electron chi connectivity index (χ2n) is 10.3. The van der Waals surface area contributed by atoms with Crippen molar-refractivity contribution < 1.29 is 43.9 Å². The van der Waals surface area contributed by atoms with E-state index in [0.717, 1.165) is 0 Å². The van der Waals surface area contributed by atoms with Gasteiger partial charge in [0.15, 0.2) is 46.5 Å². The van der Waals surface area contributed by atoms with Crippen LogP contribution in [0.1, 0.15) is 22.3 Å². The number of hydrogen-bond donors (Lipinski definition) is 0. The average molecular weight is 590 g/mol. The van der Waals surface area contributed by atoms with E-state index in [2.05, 4.69) is 0 Å². The van der Waals surface area contributed by atoms with Crippen LogP contribution in [0.15, 0.2) is 24.3 Å². The highest BCUT2D eigenvalue weighted by molar-refractivity contribution is 6.20. The molecule has 0 aliphatic heterocycles. The summed E-state index contributed by atoms with van der Waals surface area (Å²) < 4.78 is 148. The fourth-order valence-corrected chi connectivity index (χ4v) is 6.17. The molecule has 0 amide bonds. The summed E-state index contributed by atoms with van der Waals surface area (Å²) in [5.74, 6) is -23.7. The molecule has 5 aromatic rings. The number of benzene rings is 5. The Morgan fingerprint density at radius 1 is 0.310 bits per heavy atom. The first-order valence-electron chi connectivity index (χ1n) is 12.5. The Bertz CT molecular complexity index is 1870. The molecule has 0 fully saturated rings. The van der Waals surface area contributed by atoms with E-state index in [-0.39, 0.29) is 22.3 Å². The van der Waals surface area contributed by atoms with Gasteiger partial charge in [-0.1, -0.05) is 24.3 Å². The quantitative estimate of drug-likeness (QED) is 0.107. The van der Waals surface area contributed by atoms with Crippen molar-refractivity contribution in [3.63, 3.8) is 0 Å². The molecule has 0 spiro atoms. The number of aryl methyl sites for hydroxylation is 2. The van der Waals surface area contributed by atoms with Crippen LogP contribution in [0.2, 0.25) is 0 Å². The number of halogens is 10. The normalized spacial score (nSPS) is 12.0. The predicted molar refractivity (Wildman–Crippen MR) is 138 cm³/mol. The molecule has 0 saturated heterocycles. The molecule has 0 heterocycles. The minimum Gasteiger partial charge on any atom is -0.203 e. The van der Waals surface area contributed by atoms with Gasteiger partial charge in [-0.2, -0.15) is 0 Å². The standard InChI is InChI=1S/C32H16F10/c1-9-5-7-13-8-6-10(2)15-17-12(4)19(22-25(35)29(39)32(42)30(40)26(22)36)18(11(3)16(17)14(9)20(13)15)21-23(33)27(37)31(41)28(38)24(21)34/h5-8H,1-4H3. The van der Waals surface area contributed by atoms with Gasteiger partial charge in [0.2, 0.25) is 11.6 Å². The van der Waals surface area contributed by atoms with E-state index in [1.165, 1.54) is 13.8 Å². The van der Waals surface area contributed by atoms with Crippen LogP contribution in [0.5, 0.6) is 0 Å². The van der Waals surface area contributed by atoms with Gasteiger partial charge in [-0.05, 0) is 94.1 Å². The van der Waals surface area contributed by atoms with Gasteiger partial charge in [0.1, 0.15) is 0 Å². The maximum atomic E-state index is 15.4. The molecule has 214 valence electrons. The van der Waals surface area contributed by atoms with E-state index >= 15 is 17.6 Å². The van der Waals surface area contributed by atoms with Crippen molar-refractivity contribution in [2.24, 2.45) is 0 Å². The largest absolute Gasteiger partial charge is 0.203 e. The molecule has 0 nitrogen and oxygen atoms in total. The van der Waals surface area contributed by atoms with Crippen LogP contribution in [0.3, 0.4) is 0 Å². The predicted octanol–water partition coefficient (Wildman–Crippen LogP) is 10.4. The first kappa shape index (κ1) is 27.8. The Morgan fingerprint density at radius 2 is 0.571 bits per heavy atom. The third-order valence-corrected chi connectivity index (χ3v) is 8.02. The molecule has 0 atom stereocenters. The second-order valence-corrected chi connectivity index (χ2v) is 10.3. The lowest BCUT2D eigenvalue weighted by Gasteiger charge is -2.24. The van der Waals surface area contributed by atoms with Crippen LogP contribution < -0.4 is 0 Å². The van der Waals surface area contributed by atoms with E-state index in [1.54, 1.807) is 38.1 Å². The molecule has 1 aliphatic carbocycles. The summed E-state index contributed by atoms with van der Waals surface area (Å²) in [5.41, 5.74) is -2.38. The minimum absolute atomic E-state index is 0.191. The molecule has 1 aliphatic rings. The van der Waals surface area contributed by atoms with Crippen LogP contribution in [0.4, 0.5) is 43.9 Å². The molecule has 0 saturated carbocycles. The Labute approximate surface area is 231 Å². The smallest absolute Gasteiger partial charge is 0.200 e. The fraction of sp³-hybridized carbons (Fsp3) is 0.125. The van der Waals surface area contributed by atoms with Crippen molar-refractivity contribution in [3.05, 3.63) is 105 Å². The monoisotopic (exact) mass is 590 g/mol. The molecule has 42 heavy (non-hydrogen) atoms. The molecule has 0 radical (unpaired) electrons. The van der Waals surface area contributed by atoms with Crippen molar-refractivity contribution in [1.29, 1.82) is 0 Å². The SMILES string of the molecule is Cc1ccc2ccc(C)c3c2c1-c1c(C)c(-c2c(F)c(F)c(F)c(F)c2F)c(-c2c(F)c(F)c(F)c(F)c2F)c(C)c1-3. The number of hydrogen-bond acceptors (Lipinski definition) is 0. The zero-order chi connectivity index (χ0) is 30.7. The van der Waals surface area contributed by atoms with Crippen LogP contribution in [-0.4, -0.2) is 0 Å². The zero-order valence-corrected chi connectivity index (χ0v) is 22.1. The topological polar surface area (TPSA) is 0 Å². The summed E-state index contributed by atoms with van der Waals surface area (Å²) in [5, 5.41) is 1.36. The van der Waals surface area contributed by atoms with Crippen LogP contribution in [0, 0.1) is 85.9 Å². The maximum Gasteiger partial charge on any atom is 0.200 e. The van der Waals surface area contributed by atoms with Gasteiger partial charge >= 0.3 is 0 Å². The van der Waals surface area contributed by atoms with Crippen molar-refractivity contribution in [1.82, 2.24) is 0 Å². The van der Waals surface area contributed by atoms with Crippen LogP contribution in [-0.2, 0) is 0 Å². The van der Waals surface area contributed by atoms with E-state index in [0.29, 0.717) is 33.0 Å². The molecule has 5 aromatic carbocycles. The first-order valence-corrected chi connectivity index (χ1v) is 12.5. The Morgan fingerprint density at radius 3 is 0.881 bits per heavy atom. The van der Waals surface area contributed by atoms with Crippen LogP contribution >= 0.6 is 0 Å². The summed E-state index contributed by atoms with van der Waals surface area (Å²) >= 11 is 0. The van der Waals surface area contributed by atoms with Crippen molar-refractivity contribution in [2.75, 3.05) is 0 Å². The van der Waals surface area contributed by atoms with E-state index in [4.69, 9.17) is 0 Å². The first-order chi connectivity index (χ1) is 19.7. The van der Waals surface area contributed by atoms with Gasteiger partial charge in [0.05, 0.1) is 11.1 Å². The lowest BCUT2D eigenvalue weighted by molar-refractivity contribution is 0.380. The zero-order valence-electron chi connectivity index (χ0n) is 22.1. The summed E-state index contributed by atoms with van der Waals surface area (Å²) in [4.78, 5) is 0. The lowest BCUT2D eigenvalue weighted by atomic mass is 9.80. The van der Waals surface area contributed by atoms with Gasteiger partial charge in [0.25, 0.3) is 0 Å². The molecule has 0 bridgehead atoms. The van der Waals surface area contributed by atoms with Gasteiger partial charge in [-0.15, -0.1) is 0 Å². The molecule has 6 rings (SSSR count). The number of fused-ring (bicyclic) bond motifs is 3. The third kappa shape index (κ3) is 3.32. The van der Waals surface area contributed by atoms with E-state index < -0.39 is 80.4 Å². The average Bonchev–Trinajstić information content (AvgIpc) is 3.34. The second kappa shape index (κ2) is 9.08. The van der Waals surface area contributed by atoms with E-state index in [9.17, 15) is 26.3 Å². The van der Waals surface area contributed by atoms with Crippen molar-refractivity contribution in [3.8, 4) is 44.5 Å². The van der Waals surface area contributed by atoms with Crippen LogP contribution in [0.25, 0.3) is 55.3 Å². The van der Waals surface area contributed by atoms with E-state index in [1.807, 2.05) is 0 Å². The van der Waals surface area contributed by atoms with Crippen molar-refractivity contribution in [2.45, 2.75) is 27.7 Å². The van der Waals surface area contributed by atoms with Gasteiger partial charge in [-0.25, -0.2) is 43.9 Å². The minimum atomic E-state index is -2.48. The molecule has 10 heteroatoms. The molecule has 0 unspecified atom stereocenters.